The summed E-state index contributed by atoms with van der Waals surface area (Å²) in [6, 6.07) is 15.9. The second kappa shape index (κ2) is 9.88. The van der Waals surface area contributed by atoms with Gasteiger partial charge in [0.15, 0.2) is 0 Å². The monoisotopic (exact) mass is 443 g/mol. The summed E-state index contributed by atoms with van der Waals surface area (Å²) < 4.78 is 7.37. The van der Waals surface area contributed by atoms with Crippen LogP contribution in [-0.4, -0.2) is 28.2 Å². The highest BCUT2D eigenvalue weighted by Crippen LogP contribution is 2.27. The van der Waals surface area contributed by atoms with Gasteiger partial charge in [-0.3, -0.25) is 4.79 Å². The maximum Gasteiger partial charge on any atom is 0.336 e. The molecule has 0 bridgehead atoms. The van der Waals surface area contributed by atoms with Gasteiger partial charge in [-0.15, -0.1) is 0 Å². The van der Waals surface area contributed by atoms with Gasteiger partial charge in [0, 0.05) is 28.8 Å². The van der Waals surface area contributed by atoms with Crippen LogP contribution in [0.2, 0.25) is 0 Å². The van der Waals surface area contributed by atoms with E-state index in [1.165, 1.54) is 6.08 Å². The molecule has 0 radical (unpaired) electrons. The second-order valence-corrected chi connectivity index (χ2v) is 7.50. The van der Waals surface area contributed by atoms with Crippen LogP contribution in [-0.2, 0) is 4.79 Å². The first kappa shape index (κ1) is 23.4. The number of carboxylic acids is 1. The van der Waals surface area contributed by atoms with Crippen LogP contribution in [0, 0.1) is 32.1 Å². The number of benzene rings is 2. The molecule has 7 nitrogen and oxygen atoms in total. The van der Waals surface area contributed by atoms with E-state index >= 15 is 0 Å². The average Bonchev–Trinajstić information content (AvgIpc) is 3.05. The van der Waals surface area contributed by atoms with Crippen LogP contribution in [0.25, 0.3) is 11.8 Å². The third-order valence-electron chi connectivity index (χ3n) is 5.31. The summed E-state index contributed by atoms with van der Waals surface area (Å²) in [6.07, 6.45) is 1.54. The van der Waals surface area contributed by atoms with Gasteiger partial charge in [-0.25, -0.2) is 4.79 Å². The van der Waals surface area contributed by atoms with E-state index in [0.717, 1.165) is 17.1 Å². The minimum atomic E-state index is -0.992. The van der Waals surface area contributed by atoms with E-state index in [9.17, 15) is 20.0 Å². The van der Waals surface area contributed by atoms with Crippen molar-refractivity contribution < 1.29 is 19.4 Å². The fraction of sp³-hybridized carbons (Fsp3) is 0.192. The number of carboxylic acid groups (broad SMARTS) is 1. The molecule has 0 aliphatic heterocycles. The Morgan fingerprint density at radius 3 is 2.55 bits per heavy atom. The molecular formula is C26H25N3O4. The number of hydrogen-bond donors (Lipinski definition) is 2. The first-order valence-electron chi connectivity index (χ1n) is 10.4. The first-order valence-corrected chi connectivity index (χ1v) is 10.4. The molecule has 2 N–H and O–H groups in total. The number of anilines is 1. The van der Waals surface area contributed by atoms with Gasteiger partial charge in [0.2, 0.25) is 0 Å². The zero-order valence-corrected chi connectivity index (χ0v) is 19.0. The van der Waals surface area contributed by atoms with Crippen molar-refractivity contribution in [3.8, 4) is 17.5 Å². The minimum absolute atomic E-state index is 0.0481. The molecule has 0 unspecified atom stereocenters. The Hall–Kier alpha value is -4.31. The summed E-state index contributed by atoms with van der Waals surface area (Å²) in [7, 11) is 0. The normalized spacial score (nSPS) is 11.1. The predicted molar refractivity (Wildman–Crippen MR) is 127 cm³/mol. The largest absolute Gasteiger partial charge is 0.494 e. The van der Waals surface area contributed by atoms with Gasteiger partial charge in [-0.1, -0.05) is 12.1 Å². The molecule has 1 aromatic heterocycles. The van der Waals surface area contributed by atoms with Gasteiger partial charge >= 0.3 is 5.97 Å². The Morgan fingerprint density at radius 1 is 1.15 bits per heavy atom. The van der Waals surface area contributed by atoms with Crippen LogP contribution in [0.5, 0.6) is 5.75 Å². The third kappa shape index (κ3) is 4.96. The molecule has 0 aliphatic rings. The summed E-state index contributed by atoms with van der Waals surface area (Å²) >= 11 is 0. The van der Waals surface area contributed by atoms with E-state index < -0.39 is 11.9 Å². The van der Waals surface area contributed by atoms with Gasteiger partial charge in [0.05, 0.1) is 12.2 Å². The lowest BCUT2D eigenvalue weighted by molar-refractivity contribution is -0.112. The molecule has 7 heteroatoms. The van der Waals surface area contributed by atoms with Crippen molar-refractivity contribution in [1.82, 2.24) is 4.57 Å². The number of aromatic nitrogens is 1. The van der Waals surface area contributed by atoms with Crippen molar-refractivity contribution >= 4 is 23.6 Å². The van der Waals surface area contributed by atoms with Crippen LogP contribution in [0.15, 0.2) is 54.1 Å². The maximum atomic E-state index is 12.7. The van der Waals surface area contributed by atoms with E-state index in [1.54, 1.807) is 43.3 Å². The molecule has 3 rings (SSSR count). The van der Waals surface area contributed by atoms with Gasteiger partial charge in [-0.2, -0.15) is 5.26 Å². The van der Waals surface area contributed by atoms with E-state index in [0.29, 0.717) is 29.2 Å². The molecule has 0 atom stereocenters. The van der Waals surface area contributed by atoms with Crippen LogP contribution in [0.4, 0.5) is 5.69 Å². The molecule has 0 fully saturated rings. The van der Waals surface area contributed by atoms with Crippen LogP contribution in [0.1, 0.15) is 39.8 Å². The lowest BCUT2D eigenvalue weighted by atomic mass is 10.1. The number of nitriles is 1. The number of rotatable bonds is 7. The molecular weight excluding hydrogens is 418 g/mol. The Kier molecular flexibility index (Phi) is 6.99. The second-order valence-electron chi connectivity index (χ2n) is 7.50. The summed E-state index contributed by atoms with van der Waals surface area (Å²) in [6.45, 7) is 7.90. The number of nitrogens with one attached hydrogen (secondary N) is 1. The van der Waals surface area contributed by atoms with Crippen molar-refractivity contribution in [3.63, 3.8) is 0 Å². The van der Waals surface area contributed by atoms with Crippen LogP contribution in [0.3, 0.4) is 0 Å². The number of nitrogens with zero attached hydrogens (tertiary/aromatic N) is 2. The number of aromatic carboxylic acids is 1. The standard InChI is InChI=1S/C26H25N3O4/c1-5-33-22-9-6-8-21(14-22)28-25(30)20(15-27)13-19-12-16(2)29(18(19)4)24-11-7-10-23(17(24)3)26(31)32/h6-14H,5H2,1-4H3,(H,28,30)(H,31,32)/b20-13-. The Morgan fingerprint density at radius 2 is 1.88 bits per heavy atom. The first-order chi connectivity index (χ1) is 15.8. The van der Waals surface area contributed by atoms with E-state index in [4.69, 9.17) is 4.74 Å². The summed E-state index contributed by atoms with van der Waals surface area (Å²) in [5, 5.41) is 21.8. The molecule has 0 saturated heterocycles. The van der Waals surface area contributed by atoms with Gasteiger partial charge in [-0.05, 0) is 75.2 Å². The Bertz CT molecular complexity index is 1300. The van der Waals surface area contributed by atoms with E-state index in [2.05, 4.69) is 5.32 Å². The zero-order chi connectivity index (χ0) is 24.1. The number of hydrogen-bond acceptors (Lipinski definition) is 4. The van der Waals surface area contributed by atoms with Crippen molar-refractivity contribution in [1.29, 1.82) is 5.26 Å². The Balaban J connectivity index is 1.96. The molecule has 2 aromatic carbocycles. The van der Waals surface area contributed by atoms with Gasteiger partial charge in [0.25, 0.3) is 5.91 Å². The van der Waals surface area contributed by atoms with Gasteiger partial charge < -0.3 is 19.7 Å². The molecule has 0 spiro atoms. The molecule has 33 heavy (non-hydrogen) atoms. The topological polar surface area (TPSA) is 104 Å². The van der Waals surface area contributed by atoms with Crippen molar-refractivity contribution in [2.45, 2.75) is 27.7 Å². The lowest BCUT2D eigenvalue weighted by Crippen LogP contribution is -2.13. The Labute approximate surface area is 192 Å². The quantitative estimate of drug-likeness (QED) is 0.393. The van der Waals surface area contributed by atoms with Crippen LogP contribution >= 0.6 is 0 Å². The molecule has 0 saturated carbocycles. The SMILES string of the molecule is CCOc1cccc(NC(=O)/C(C#N)=C\c2cc(C)n(-c3cccc(C(=O)O)c3C)c2C)c1. The lowest BCUT2D eigenvalue weighted by Gasteiger charge is -2.14. The molecule has 3 aromatic rings. The summed E-state index contributed by atoms with van der Waals surface area (Å²) in [5.74, 6) is -0.894. The number of aryl methyl sites for hydroxylation is 1. The zero-order valence-electron chi connectivity index (χ0n) is 19.0. The number of amides is 1. The predicted octanol–water partition coefficient (Wildman–Crippen LogP) is 5.05. The maximum absolute atomic E-state index is 12.7. The third-order valence-corrected chi connectivity index (χ3v) is 5.31. The number of carbonyl (C=O) groups is 2. The number of carbonyl (C=O) groups excluding carboxylic acids is 1. The van der Waals surface area contributed by atoms with Crippen LogP contribution < -0.4 is 10.1 Å². The van der Waals surface area contributed by atoms with Crippen molar-refractivity contribution in [2.75, 3.05) is 11.9 Å². The molecule has 1 amide bonds. The highest BCUT2D eigenvalue weighted by molar-refractivity contribution is 6.09. The molecule has 0 aliphatic carbocycles. The average molecular weight is 444 g/mol. The van der Waals surface area contributed by atoms with E-state index in [1.807, 2.05) is 43.5 Å². The summed E-state index contributed by atoms with van der Waals surface area (Å²) in [5.41, 5.74) is 4.41. The molecule has 168 valence electrons. The fourth-order valence-electron chi connectivity index (χ4n) is 3.73. The van der Waals surface area contributed by atoms with E-state index in [-0.39, 0.29) is 11.1 Å². The van der Waals surface area contributed by atoms with Crippen molar-refractivity contribution in [2.24, 2.45) is 0 Å². The van der Waals surface area contributed by atoms with Crippen molar-refractivity contribution in [3.05, 3.63) is 82.2 Å². The smallest absolute Gasteiger partial charge is 0.336 e. The fourth-order valence-corrected chi connectivity index (χ4v) is 3.73. The highest BCUT2D eigenvalue weighted by atomic mass is 16.5. The number of ether oxygens (including phenoxy) is 1. The highest BCUT2D eigenvalue weighted by Gasteiger charge is 2.17. The summed E-state index contributed by atoms with van der Waals surface area (Å²) in [4.78, 5) is 24.3. The minimum Gasteiger partial charge on any atom is -0.494 e. The van der Waals surface area contributed by atoms with Gasteiger partial charge in [0.1, 0.15) is 17.4 Å². The molecule has 1 heterocycles.